The maximum Gasteiger partial charge on any atom is 0.216 e. The number of aliphatic hydroxyl groups excluding tert-OH is 2. The predicted octanol–water partition coefficient (Wildman–Crippen LogP) is 1.60. The van der Waals surface area contributed by atoms with E-state index in [1.165, 1.54) is 6.92 Å². The lowest BCUT2D eigenvalue weighted by atomic mass is 9.95. The van der Waals surface area contributed by atoms with E-state index in [-0.39, 0.29) is 12.5 Å². The Balaban J connectivity index is 2.89. The van der Waals surface area contributed by atoms with E-state index in [4.69, 9.17) is 0 Å². The molecule has 0 bridgehead atoms. The van der Waals surface area contributed by atoms with Crippen molar-refractivity contribution in [2.24, 2.45) is 0 Å². The van der Waals surface area contributed by atoms with Crippen molar-refractivity contribution in [1.82, 2.24) is 5.32 Å². The molecule has 0 radical (unpaired) electrons. The Morgan fingerprint density at radius 3 is 2.28 bits per heavy atom. The van der Waals surface area contributed by atoms with Crippen molar-refractivity contribution in [3.8, 4) is 0 Å². The molecule has 1 aromatic carbocycles. The summed E-state index contributed by atoms with van der Waals surface area (Å²) in [7, 11) is 0. The van der Waals surface area contributed by atoms with Gasteiger partial charge in [-0.2, -0.15) is 0 Å². The van der Waals surface area contributed by atoms with Crippen molar-refractivity contribution >= 4 is 21.8 Å². The summed E-state index contributed by atoms with van der Waals surface area (Å²) in [5, 5.41) is 22.5. The monoisotopic (exact) mass is 315 g/mol. The number of carbonyl (C=O) groups excluding carboxylic acids is 1. The summed E-state index contributed by atoms with van der Waals surface area (Å²) in [5.41, 5.74) is 2.50. The Morgan fingerprint density at radius 1 is 1.33 bits per heavy atom. The van der Waals surface area contributed by atoms with E-state index >= 15 is 0 Å². The quantitative estimate of drug-likeness (QED) is 0.790. The molecule has 1 rings (SSSR count). The molecule has 2 atom stereocenters. The van der Waals surface area contributed by atoms with Gasteiger partial charge in [0, 0.05) is 17.9 Å². The van der Waals surface area contributed by atoms with E-state index in [2.05, 4.69) is 21.2 Å². The Morgan fingerprint density at radius 2 is 1.83 bits per heavy atom. The normalized spacial score (nSPS) is 14.1. The number of halogens is 1. The second-order valence-corrected chi connectivity index (χ2v) is 5.32. The summed E-state index contributed by atoms with van der Waals surface area (Å²) < 4.78 is 0.935. The molecule has 0 saturated carbocycles. The van der Waals surface area contributed by atoms with Gasteiger partial charge in [0.1, 0.15) is 12.2 Å². The molecule has 0 saturated heterocycles. The SMILES string of the molecule is CC(=O)NCC(O)C(O)c1c(C)cc(Br)cc1C. The van der Waals surface area contributed by atoms with Gasteiger partial charge in [0.25, 0.3) is 0 Å². The van der Waals surface area contributed by atoms with Gasteiger partial charge in [-0.15, -0.1) is 0 Å². The third kappa shape index (κ3) is 3.80. The van der Waals surface area contributed by atoms with E-state index in [9.17, 15) is 15.0 Å². The highest BCUT2D eigenvalue weighted by atomic mass is 79.9. The van der Waals surface area contributed by atoms with Crippen LogP contribution in [0, 0.1) is 13.8 Å². The lowest BCUT2D eigenvalue weighted by Crippen LogP contribution is -2.34. The van der Waals surface area contributed by atoms with Gasteiger partial charge >= 0.3 is 0 Å². The molecule has 5 heteroatoms. The van der Waals surface area contributed by atoms with Crippen LogP contribution in [0.4, 0.5) is 0 Å². The summed E-state index contributed by atoms with van der Waals surface area (Å²) in [5.74, 6) is -0.231. The molecule has 1 amide bonds. The van der Waals surface area contributed by atoms with Gasteiger partial charge < -0.3 is 15.5 Å². The number of benzene rings is 1. The van der Waals surface area contributed by atoms with Crippen LogP contribution in [0.2, 0.25) is 0 Å². The van der Waals surface area contributed by atoms with Gasteiger partial charge in [0.2, 0.25) is 5.91 Å². The third-order valence-electron chi connectivity index (χ3n) is 2.78. The minimum absolute atomic E-state index is 0.0332. The second kappa shape index (κ2) is 6.31. The van der Waals surface area contributed by atoms with Gasteiger partial charge in [-0.05, 0) is 42.7 Å². The number of hydrogen-bond donors (Lipinski definition) is 3. The van der Waals surface area contributed by atoms with Crippen LogP contribution in [0.1, 0.15) is 29.7 Å². The summed E-state index contributed by atoms with van der Waals surface area (Å²) in [6.07, 6.45) is -2.03. The summed E-state index contributed by atoms with van der Waals surface area (Å²) in [4.78, 5) is 10.8. The fourth-order valence-electron chi connectivity index (χ4n) is 1.94. The largest absolute Gasteiger partial charge is 0.388 e. The van der Waals surface area contributed by atoms with Crippen LogP contribution < -0.4 is 5.32 Å². The minimum Gasteiger partial charge on any atom is -0.388 e. The first-order valence-corrected chi connectivity index (χ1v) is 6.49. The van der Waals surface area contributed by atoms with Crippen LogP contribution >= 0.6 is 15.9 Å². The maximum absolute atomic E-state index is 10.8. The minimum atomic E-state index is -1.02. The third-order valence-corrected chi connectivity index (χ3v) is 3.24. The van der Waals surface area contributed by atoms with Gasteiger partial charge in [-0.3, -0.25) is 4.79 Å². The van der Waals surface area contributed by atoms with Gasteiger partial charge in [0.15, 0.2) is 0 Å². The number of amides is 1. The molecule has 1 aromatic rings. The Kier molecular flexibility index (Phi) is 5.31. The molecular formula is C13H18BrNO3. The van der Waals surface area contributed by atoms with Gasteiger partial charge in [-0.25, -0.2) is 0 Å². The predicted molar refractivity (Wildman–Crippen MR) is 73.3 cm³/mol. The number of nitrogens with one attached hydrogen (secondary N) is 1. The van der Waals surface area contributed by atoms with Crippen LogP contribution in [0.15, 0.2) is 16.6 Å². The van der Waals surface area contributed by atoms with Crippen molar-refractivity contribution in [2.45, 2.75) is 33.0 Å². The topological polar surface area (TPSA) is 69.6 Å². The van der Waals surface area contributed by atoms with Crippen LogP contribution in [-0.2, 0) is 4.79 Å². The highest BCUT2D eigenvalue weighted by molar-refractivity contribution is 9.10. The number of rotatable bonds is 4. The zero-order chi connectivity index (χ0) is 13.9. The van der Waals surface area contributed by atoms with E-state index in [0.29, 0.717) is 5.56 Å². The van der Waals surface area contributed by atoms with E-state index in [1.807, 2.05) is 26.0 Å². The number of hydrogen-bond acceptors (Lipinski definition) is 3. The average molecular weight is 316 g/mol. The molecular weight excluding hydrogens is 298 g/mol. The van der Waals surface area contributed by atoms with Gasteiger partial charge in [-0.1, -0.05) is 15.9 Å². The molecule has 3 N–H and O–H groups in total. The highest BCUT2D eigenvalue weighted by Gasteiger charge is 2.22. The van der Waals surface area contributed by atoms with Crippen LogP contribution in [-0.4, -0.2) is 28.8 Å². The first kappa shape index (κ1) is 15.1. The molecule has 0 fully saturated rings. The number of aliphatic hydroxyl groups is 2. The van der Waals surface area contributed by atoms with E-state index < -0.39 is 12.2 Å². The highest BCUT2D eigenvalue weighted by Crippen LogP contribution is 2.27. The smallest absolute Gasteiger partial charge is 0.216 e. The number of aryl methyl sites for hydroxylation is 2. The number of carbonyl (C=O) groups is 1. The molecule has 0 heterocycles. The fourth-order valence-corrected chi connectivity index (χ4v) is 2.63. The van der Waals surface area contributed by atoms with E-state index in [0.717, 1.165) is 15.6 Å². The zero-order valence-electron chi connectivity index (χ0n) is 10.7. The van der Waals surface area contributed by atoms with Crippen molar-refractivity contribution < 1.29 is 15.0 Å². The summed E-state index contributed by atoms with van der Waals surface area (Å²) in [6, 6.07) is 3.77. The molecule has 0 spiro atoms. The van der Waals surface area contributed by atoms with Gasteiger partial charge in [0.05, 0.1) is 0 Å². The molecule has 2 unspecified atom stereocenters. The molecule has 100 valence electrons. The maximum atomic E-state index is 10.8. The van der Waals surface area contributed by atoms with Crippen molar-refractivity contribution in [3.63, 3.8) is 0 Å². The fraction of sp³-hybridized carbons (Fsp3) is 0.462. The zero-order valence-corrected chi connectivity index (χ0v) is 12.3. The Labute approximate surface area is 115 Å². The summed E-state index contributed by atoms with van der Waals surface area (Å²) >= 11 is 3.38. The molecule has 0 aromatic heterocycles. The first-order valence-electron chi connectivity index (χ1n) is 5.70. The molecule has 0 aliphatic rings. The standard InChI is InChI=1S/C13H18BrNO3/c1-7-4-10(14)5-8(2)12(7)13(18)11(17)6-15-9(3)16/h4-5,11,13,17-18H,6H2,1-3H3,(H,15,16). The Bertz CT molecular complexity index is 425. The van der Waals surface area contributed by atoms with Crippen LogP contribution in [0.25, 0.3) is 0 Å². The Hall–Kier alpha value is -0.910. The van der Waals surface area contributed by atoms with E-state index in [1.54, 1.807) is 0 Å². The molecule has 18 heavy (non-hydrogen) atoms. The summed E-state index contributed by atoms with van der Waals surface area (Å²) in [6.45, 7) is 5.16. The van der Waals surface area contributed by atoms with Crippen molar-refractivity contribution in [1.29, 1.82) is 0 Å². The average Bonchev–Trinajstić information content (AvgIpc) is 2.24. The van der Waals surface area contributed by atoms with Crippen LogP contribution in [0.3, 0.4) is 0 Å². The van der Waals surface area contributed by atoms with Crippen molar-refractivity contribution in [3.05, 3.63) is 33.3 Å². The lowest BCUT2D eigenvalue weighted by molar-refractivity contribution is -0.119. The first-order chi connectivity index (χ1) is 8.32. The molecule has 0 aliphatic heterocycles. The molecule has 4 nitrogen and oxygen atoms in total. The van der Waals surface area contributed by atoms with Crippen LogP contribution in [0.5, 0.6) is 0 Å². The van der Waals surface area contributed by atoms with Crippen molar-refractivity contribution in [2.75, 3.05) is 6.54 Å². The second-order valence-electron chi connectivity index (χ2n) is 4.40. The molecule has 0 aliphatic carbocycles. The lowest BCUT2D eigenvalue weighted by Gasteiger charge is -2.22.